The van der Waals surface area contributed by atoms with Gasteiger partial charge in [-0.25, -0.2) is 4.39 Å². The molecule has 22 heavy (non-hydrogen) atoms. The van der Waals surface area contributed by atoms with Crippen molar-refractivity contribution < 1.29 is 26.8 Å². The minimum atomic E-state index is -5.31. The molecule has 1 spiro atoms. The third-order valence-corrected chi connectivity index (χ3v) is 4.58. The highest BCUT2D eigenvalue weighted by molar-refractivity contribution is 6.74. The molecule has 1 unspecified atom stereocenters. The third kappa shape index (κ3) is 3.24. The van der Waals surface area contributed by atoms with Gasteiger partial charge in [0, 0.05) is 12.8 Å². The van der Waals surface area contributed by atoms with E-state index in [1.54, 1.807) is 0 Å². The maximum atomic E-state index is 13.1. The van der Waals surface area contributed by atoms with Crippen molar-refractivity contribution in [1.29, 1.82) is 0 Å². The van der Waals surface area contributed by atoms with Crippen LogP contribution in [0.5, 0.6) is 5.75 Å². The summed E-state index contributed by atoms with van der Waals surface area (Å²) >= 11 is 0. The van der Waals surface area contributed by atoms with Gasteiger partial charge in [0.25, 0.3) is 0 Å². The minimum absolute atomic E-state index is 0.230. The topological polar surface area (TPSA) is 18.5 Å². The summed E-state index contributed by atoms with van der Waals surface area (Å²) in [7, 11) is 0. The molecule has 122 valence electrons. The van der Waals surface area contributed by atoms with Crippen molar-refractivity contribution in [3.8, 4) is 5.75 Å². The predicted octanol–water partition coefficient (Wildman–Crippen LogP) is 3.75. The molecule has 2 fully saturated rings. The van der Waals surface area contributed by atoms with Gasteiger partial charge < -0.3 is 22.4 Å². The molecule has 2 aliphatic rings. The van der Waals surface area contributed by atoms with E-state index >= 15 is 0 Å². The lowest BCUT2D eigenvalue weighted by atomic mass is 9.79. The molecule has 0 bridgehead atoms. The van der Waals surface area contributed by atoms with Gasteiger partial charge in [-0.3, -0.25) is 0 Å². The number of benzene rings is 1. The van der Waals surface area contributed by atoms with Gasteiger partial charge in [-0.15, -0.1) is 0 Å². The Balaban J connectivity index is 1.78. The average Bonchev–Trinajstić information content (AvgIpc) is 2.88. The molecule has 0 radical (unpaired) electrons. The van der Waals surface area contributed by atoms with Crippen molar-refractivity contribution in [3.63, 3.8) is 0 Å². The first-order chi connectivity index (χ1) is 10.4. The van der Waals surface area contributed by atoms with Crippen LogP contribution in [-0.4, -0.2) is 25.3 Å². The smallest absolute Gasteiger partial charge is 0.493 e. The van der Waals surface area contributed by atoms with E-state index in [0.29, 0.717) is 25.5 Å². The summed E-state index contributed by atoms with van der Waals surface area (Å²) in [6, 6.07) is 2.60. The van der Waals surface area contributed by atoms with E-state index in [1.165, 1.54) is 0 Å². The number of hydrogen-bond donors (Lipinski definition) is 0. The first-order valence-electron chi connectivity index (χ1n) is 7.68. The summed E-state index contributed by atoms with van der Waals surface area (Å²) in [6.45, 7) is -4.81. The molecule has 7 heteroatoms. The molecule has 1 atom stereocenters. The average molecular weight is 317 g/mol. The normalized spacial score (nSPS) is 24.6. The van der Waals surface area contributed by atoms with Crippen LogP contribution in [0.3, 0.4) is 0 Å². The van der Waals surface area contributed by atoms with Crippen LogP contribution in [0.4, 0.5) is 17.3 Å². The Morgan fingerprint density at radius 1 is 1.18 bits per heavy atom. The second kappa shape index (κ2) is 5.76. The molecule has 1 heterocycles. The van der Waals surface area contributed by atoms with Gasteiger partial charge in [0.2, 0.25) is 0 Å². The van der Waals surface area contributed by atoms with E-state index in [9.17, 15) is 17.3 Å². The molecule has 0 aromatic heterocycles. The van der Waals surface area contributed by atoms with Crippen LogP contribution in [0.1, 0.15) is 38.5 Å². The fraction of sp³-hybridized carbons (Fsp3) is 0.600. The van der Waals surface area contributed by atoms with Crippen LogP contribution < -0.4 is 10.2 Å². The quantitative estimate of drug-likeness (QED) is 0.624. The summed E-state index contributed by atoms with van der Waals surface area (Å²) in [6.07, 6.45) is 4.89. The van der Waals surface area contributed by atoms with E-state index in [0.717, 1.165) is 37.8 Å². The van der Waals surface area contributed by atoms with E-state index in [1.807, 2.05) is 0 Å². The van der Waals surface area contributed by atoms with E-state index in [2.05, 4.69) is 0 Å². The minimum Gasteiger partial charge on any atom is -0.493 e. The van der Waals surface area contributed by atoms with Crippen LogP contribution in [0.15, 0.2) is 18.2 Å². The summed E-state index contributed by atoms with van der Waals surface area (Å²) < 4.78 is 63.8. The van der Waals surface area contributed by atoms with Gasteiger partial charge in [-0.05, 0) is 31.0 Å². The molecular formula is C15H18BF4O2-. The summed E-state index contributed by atoms with van der Waals surface area (Å²) in [5, 5.41) is 0. The Kier molecular flexibility index (Phi) is 4.10. The molecule has 1 aromatic rings. The van der Waals surface area contributed by atoms with Crippen LogP contribution in [-0.2, 0) is 4.74 Å². The summed E-state index contributed by atoms with van der Waals surface area (Å²) in [4.78, 5) is 0. The molecule has 1 aromatic carbocycles. The molecule has 3 rings (SSSR count). The van der Waals surface area contributed by atoms with Crippen LogP contribution >= 0.6 is 0 Å². The first-order valence-corrected chi connectivity index (χ1v) is 7.68. The lowest BCUT2D eigenvalue weighted by Gasteiger charge is -2.38. The van der Waals surface area contributed by atoms with Gasteiger partial charge in [-0.2, -0.15) is 0 Å². The molecular weight excluding hydrogens is 299 g/mol. The largest absolute Gasteiger partial charge is 0.513 e. The maximum absolute atomic E-state index is 13.1. The van der Waals surface area contributed by atoms with Crippen LogP contribution in [0.2, 0.25) is 0 Å². The molecule has 0 amide bonds. The number of rotatable bonds is 3. The third-order valence-electron chi connectivity index (χ3n) is 4.58. The summed E-state index contributed by atoms with van der Waals surface area (Å²) in [5.74, 6) is -1.17. The molecule has 1 aliphatic carbocycles. The Labute approximate surface area is 126 Å². The van der Waals surface area contributed by atoms with Gasteiger partial charge in [0.15, 0.2) is 0 Å². The van der Waals surface area contributed by atoms with Gasteiger partial charge in [0.05, 0.1) is 18.0 Å². The lowest BCUT2D eigenvalue weighted by molar-refractivity contribution is -0.108. The van der Waals surface area contributed by atoms with E-state index < -0.39 is 18.3 Å². The molecule has 1 saturated carbocycles. The Morgan fingerprint density at radius 3 is 2.59 bits per heavy atom. The number of halogens is 4. The van der Waals surface area contributed by atoms with Crippen LogP contribution in [0.25, 0.3) is 0 Å². The first kappa shape index (κ1) is 15.7. The van der Waals surface area contributed by atoms with Crippen molar-refractivity contribution in [2.24, 2.45) is 0 Å². The maximum Gasteiger partial charge on any atom is 0.513 e. The molecule has 0 N–H and O–H groups in total. The second-order valence-corrected chi connectivity index (χ2v) is 6.23. The Hall–Kier alpha value is -1.24. The molecule has 1 saturated heterocycles. The Bertz CT molecular complexity index is 541. The highest BCUT2D eigenvalue weighted by Gasteiger charge is 2.41. The van der Waals surface area contributed by atoms with Crippen molar-refractivity contribution in [2.75, 3.05) is 6.61 Å². The van der Waals surface area contributed by atoms with Gasteiger partial charge in [-0.1, -0.05) is 18.3 Å². The SMILES string of the molecule is Fc1ccc(OC2CCOC3(CCCC3)C2)c([B-](F)(F)F)c1. The highest BCUT2D eigenvalue weighted by atomic mass is 19.4. The van der Waals surface area contributed by atoms with Gasteiger partial charge >= 0.3 is 6.98 Å². The van der Waals surface area contributed by atoms with Crippen molar-refractivity contribution in [3.05, 3.63) is 24.0 Å². The summed E-state index contributed by atoms with van der Waals surface area (Å²) in [5.41, 5.74) is -1.22. The highest BCUT2D eigenvalue weighted by Crippen LogP contribution is 2.41. The van der Waals surface area contributed by atoms with Gasteiger partial charge in [0.1, 0.15) is 11.9 Å². The van der Waals surface area contributed by atoms with Crippen molar-refractivity contribution in [1.82, 2.24) is 0 Å². The zero-order valence-corrected chi connectivity index (χ0v) is 12.2. The predicted molar refractivity (Wildman–Crippen MR) is 75.9 cm³/mol. The number of hydrogen-bond acceptors (Lipinski definition) is 2. The number of ether oxygens (including phenoxy) is 2. The zero-order valence-electron chi connectivity index (χ0n) is 12.2. The van der Waals surface area contributed by atoms with Crippen molar-refractivity contribution in [2.45, 2.75) is 50.2 Å². The van der Waals surface area contributed by atoms with Crippen molar-refractivity contribution >= 4 is 12.4 Å². The lowest BCUT2D eigenvalue weighted by Crippen LogP contribution is -2.43. The molecule has 1 aliphatic heterocycles. The molecule has 2 nitrogen and oxygen atoms in total. The van der Waals surface area contributed by atoms with Crippen LogP contribution in [0, 0.1) is 5.82 Å². The zero-order chi connectivity index (χ0) is 15.8. The Morgan fingerprint density at radius 2 is 1.91 bits per heavy atom. The fourth-order valence-corrected chi connectivity index (χ4v) is 3.51. The fourth-order valence-electron chi connectivity index (χ4n) is 3.51. The van der Waals surface area contributed by atoms with E-state index in [4.69, 9.17) is 9.47 Å². The van der Waals surface area contributed by atoms with E-state index in [-0.39, 0.29) is 17.5 Å². The second-order valence-electron chi connectivity index (χ2n) is 6.23. The monoisotopic (exact) mass is 317 g/mol. The standard InChI is InChI=1S/C15H18BF4O2/c17-11-3-4-14(13(9-11)16(18,19)20)22-12-5-8-21-15(10-12)6-1-2-7-15/h3-4,9,12H,1-2,5-8,10H2/q-1.